The minimum Gasteiger partial charge on any atom is -0.380 e. The number of halogens is 1. The molecule has 2 heterocycles. The third-order valence-electron chi connectivity index (χ3n) is 5.00. The molecule has 0 spiro atoms. The number of nitrogens with one attached hydrogen (secondary N) is 2. The number of benzene rings is 2. The molecule has 1 fully saturated rings. The van der Waals surface area contributed by atoms with Gasteiger partial charge in [0.2, 0.25) is 5.91 Å². The minimum absolute atomic E-state index is 0.106. The topological polar surface area (TPSA) is 72.4 Å². The zero-order valence-corrected chi connectivity index (χ0v) is 15.9. The second-order valence-corrected chi connectivity index (χ2v) is 7.09. The van der Waals surface area contributed by atoms with Crippen molar-refractivity contribution in [2.45, 2.75) is 25.5 Å². The Kier molecular flexibility index (Phi) is 5.57. The lowest BCUT2D eigenvalue weighted by atomic mass is 10.2. The maximum Gasteiger partial charge on any atom is 0.258 e. The Morgan fingerprint density at radius 2 is 2.07 bits per heavy atom. The Morgan fingerprint density at radius 1 is 1.21 bits per heavy atom. The fraction of sp³-hybridized carbons (Fsp3) is 0.273. The predicted molar refractivity (Wildman–Crippen MR) is 111 cm³/mol. The molecule has 0 aliphatic carbocycles. The summed E-state index contributed by atoms with van der Waals surface area (Å²) in [7, 11) is 0. The van der Waals surface area contributed by atoms with Crippen molar-refractivity contribution < 1.29 is 13.9 Å². The average Bonchev–Trinajstić information content (AvgIpc) is 3.23. The first-order chi connectivity index (χ1) is 14.1. The van der Waals surface area contributed by atoms with Crippen LogP contribution in [0.5, 0.6) is 0 Å². The van der Waals surface area contributed by atoms with Crippen LogP contribution in [0, 0.1) is 5.82 Å². The van der Waals surface area contributed by atoms with Crippen LogP contribution >= 0.6 is 0 Å². The third kappa shape index (κ3) is 4.46. The standard InChI is InChI=1S/C22H22FN3O3/c23-19-12-16(7-8-20(19)24-13-17-5-3-11-29-17)25-21(27)14-26-10-9-15-4-1-2-6-18(15)22(26)28/h1-2,4,6-10,12,17,24H,3,5,11,13-14H2,(H,25,27)/t17-/m0/s1. The molecule has 150 valence electrons. The van der Waals surface area contributed by atoms with E-state index in [2.05, 4.69) is 10.6 Å². The fourth-order valence-electron chi connectivity index (χ4n) is 3.47. The van der Waals surface area contributed by atoms with Crippen LogP contribution in [0.2, 0.25) is 0 Å². The van der Waals surface area contributed by atoms with Gasteiger partial charge in [0.05, 0.1) is 11.8 Å². The Morgan fingerprint density at radius 3 is 2.86 bits per heavy atom. The zero-order valence-electron chi connectivity index (χ0n) is 15.9. The monoisotopic (exact) mass is 395 g/mol. The van der Waals surface area contributed by atoms with Gasteiger partial charge in [-0.1, -0.05) is 18.2 Å². The molecule has 1 aromatic heterocycles. The van der Waals surface area contributed by atoms with Gasteiger partial charge in [-0.05, 0) is 48.6 Å². The summed E-state index contributed by atoms with van der Waals surface area (Å²) in [5, 5.41) is 7.05. The van der Waals surface area contributed by atoms with Crippen LogP contribution in [0.25, 0.3) is 10.8 Å². The second kappa shape index (κ2) is 8.45. The molecule has 1 amide bonds. The maximum absolute atomic E-state index is 14.3. The van der Waals surface area contributed by atoms with E-state index < -0.39 is 11.7 Å². The van der Waals surface area contributed by atoms with Crippen LogP contribution in [0.4, 0.5) is 15.8 Å². The molecule has 29 heavy (non-hydrogen) atoms. The number of carbonyl (C=O) groups is 1. The number of rotatable bonds is 6. The van der Waals surface area contributed by atoms with Crippen LogP contribution < -0.4 is 16.2 Å². The molecule has 1 saturated heterocycles. The Hall–Kier alpha value is -3.19. The molecular formula is C22H22FN3O3. The largest absolute Gasteiger partial charge is 0.380 e. The lowest BCUT2D eigenvalue weighted by Gasteiger charge is -2.13. The van der Waals surface area contributed by atoms with Crippen molar-refractivity contribution in [3.8, 4) is 0 Å². The van der Waals surface area contributed by atoms with Gasteiger partial charge in [-0.25, -0.2) is 4.39 Å². The molecule has 1 atom stereocenters. The normalized spacial score (nSPS) is 16.1. The van der Waals surface area contributed by atoms with Crippen LogP contribution in [-0.2, 0) is 16.1 Å². The number of pyridine rings is 1. The van der Waals surface area contributed by atoms with Gasteiger partial charge >= 0.3 is 0 Å². The first-order valence-corrected chi connectivity index (χ1v) is 9.63. The van der Waals surface area contributed by atoms with Gasteiger partial charge in [0, 0.05) is 30.4 Å². The molecule has 4 rings (SSSR count). The molecule has 0 radical (unpaired) electrons. The van der Waals surface area contributed by atoms with E-state index in [1.54, 1.807) is 36.5 Å². The van der Waals surface area contributed by atoms with Crippen LogP contribution in [0.15, 0.2) is 59.5 Å². The van der Waals surface area contributed by atoms with Crippen molar-refractivity contribution in [2.24, 2.45) is 0 Å². The minimum atomic E-state index is -0.455. The Bertz CT molecular complexity index is 1090. The summed E-state index contributed by atoms with van der Waals surface area (Å²) in [5.41, 5.74) is 0.464. The van der Waals surface area contributed by atoms with Gasteiger partial charge in [-0.15, -0.1) is 0 Å². The first kappa shape index (κ1) is 19.1. The molecule has 2 aromatic carbocycles. The molecule has 2 N–H and O–H groups in total. The third-order valence-corrected chi connectivity index (χ3v) is 5.00. The van der Waals surface area contributed by atoms with Gasteiger partial charge in [0.15, 0.2) is 0 Å². The Labute approximate surface area is 167 Å². The van der Waals surface area contributed by atoms with Crippen LogP contribution in [-0.4, -0.2) is 29.7 Å². The highest BCUT2D eigenvalue weighted by molar-refractivity contribution is 5.91. The molecular weight excluding hydrogens is 373 g/mol. The van der Waals surface area contributed by atoms with Crippen LogP contribution in [0.3, 0.4) is 0 Å². The smallest absolute Gasteiger partial charge is 0.258 e. The van der Waals surface area contributed by atoms with Crippen molar-refractivity contribution in [2.75, 3.05) is 23.8 Å². The van der Waals surface area contributed by atoms with Crippen molar-refractivity contribution in [1.29, 1.82) is 0 Å². The Balaban J connectivity index is 1.40. The van der Waals surface area contributed by atoms with E-state index in [1.165, 1.54) is 10.6 Å². The van der Waals surface area contributed by atoms with E-state index >= 15 is 0 Å². The molecule has 1 aliphatic heterocycles. The summed E-state index contributed by atoms with van der Waals surface area (Å²) in [6.07, 6.45) is 3.69. The van der Waals surface area contributed by atoms with E-state index in [4.69, 9.17) is 4.74 Å². The van der Waals surface area contributed by atoms with Crippen molar-refractivity contribution in [3.63, 3.8) is 0 Å². The van der Waals surface area contributed by atoms with Crippen molar-refractivity contribution in [3.05, 3.63) is 70.9 Å². The summed E-state index contributed by atoms with van der Waals surface area (Å²) in [4.78, 5) is 24.8. The SMILES string of the molecule is O=C(Cn1ccc2ccccc2c1=O)Nc1ccc(NC[C@@H]2CCCO2)c(F)c1. The van der Waals surface area contributed by atoms with Crippen LogP contribution in [0.1, 0.15) is 12.8 Å². The number of aromatic nitrogens is 1. The molecule has 3 aromatic rings. The van der Waals surface area contributed by atoms with Gasteiger partial charge in [0.25, 0.3) is 5.56 Å². The first-order valence-electron chi connectivity index (χ1n) is 9.63. The lowest BCUT2D eigenvalue weighted by Crippen LogP contribution is -2.27. The number of fused-ring (bicyclic) bond motifs is 1. The van der Waals surface area contributed by atoms with Crippen molar-refractivity contribution >= 4 is 28.1 Å². The number of hydrogen-bond donors (Lipinski definition) is 2. The number of ether oxygens (including phenoxy) is 1. The van der Waals surface area contributed by atoms with E-state index in [0.29, 0.717) is 23.3 Å². The van der Waals surface area contributed by atoms with Gasteiger partial charge in [-0.3, -0.25) is 9.59 Å². The molecule has 0 unspecified atom stereocenters. The number of carbonyl (C=O) groups excluding carboxylic acids is 1. The predicted octanol–water partition coefficient (Wildman–Crippen LogP) is 3.37. The highest BCUT2D eigenvalue weighted by Gasteiger charge is 2.16. The van der Waals surface area contributed by atoms with E-state index in [9.17, 15) is 14.0 Å². The second-order valence-electron chi connectivity index (χ2n) is 7.09. The molecule has 0 bridgehead atoms. The maximum atomic E-state index is 14.3. The molecule has 1 aliphatic rings. The summed E-state index contributed by atoms with van der Waals surface area (Å²) < 4.78 is 21.2. The van der Waals surface area contributed by atoms with Gasteiger partial charge in [-0.2, -0.15) is 0 Å². The summed E-state index contributed by atoms with van der Waals surface area (Å²) in [6, 6.07) is 13.5. The quantitative estimate of drug-likeness (QED) is 0.671. The molecule has 7 heteroatoms. The van der Waals surface area contributed by atoms with E-state index in [-0.39, 0.29) is 18.2 Å². The summed E-state index contributed by atoms with van der Waals surface area (Å²) >= 11 is 0. The summed E-state index contributed by atoms with van der Waals surface area (Å²) in [6.45, 7) is 1.15. The lowest BCUT2D eigenvalue weighted by molar-refractivity contribution is -0.116. The zero-order chi connectivity index (χ0) is 20.2. The average molecular weight is 395 g/mol. The fourth-order valence-corrected chi connectivity index (χ4v) is 3.47. The number of nitrogens with zero attached hydrogens (tertiary/aromatic N) is 1. The number of hydrogen-bond acceptors (Lipinski definition) is 4. The van der Waals surface area contributed by atoms with Crippen molar-refractivity contribution in [1.82, 2.24) is 4.57 Å². The highest BCUT2D eigenvalue weighted by Crippen LogP contribution is 2.20. The number of amides is 1. The molecule has 0 saturated carbocycles. The van der Waals surface area contributed by atoms with E-state index in [0.717, 1.165) is 24.8 Å². The summed E-state index contributed by atoms with van der Waals surface area (Å²) in [5.74, 6) is -0.856. The van der Waals surface area contributed by atoms with Gasteiger partial charge in [0.1, 0.15) is 12.4 Å². The van der Waals surface area contributed by atoms with E-state index in [1.807, 2.05) is 12.1 Å². The van der Waals surface area contributed by atoms with Gasteiger partial charge < -0.3 is 19.9 Å². The molecule has 6 nitrogen and oxygen atoms in total. The highest BCUT2D eigenvalue weighted by atomic mass is 19.1. The number of anilines is 2.